The number of nitrogens with zero attached hydrogens (tertiary/aromatic N) is 2. The van der Waals surface area contributed by atoms with Crippen molar-refractivity contribution in [2.45, 2.75) is 83.0 Å². The number of benzene rings is 2. The van der Waals surface area contributed by atoms with Crippen molar-refractivity contribution in [3.8, 4) is 11.3 Å². The lowest BCUT2D eigenvalue weighted by Gasteiger charge is -2.30. The Bertz CT molecular complexity index is 2290. The smallest absolute Gasteiger partial charge is 0.303 e. The third-order valence-corrected chi connectivity index (χ3v) is 12.9. The number of hydrogen-bond acceptors (Lipinski definition) is 10. The van der Waals surface area contributed by atoms with Crippen molar-refractivity contribution in [2.24, 2.45) is 0 Å². The molecule has 0 saturated carbocycles. The number of allylic oxidation sites excluding steroid dienone is 3. The number of aliphatic carboxylic acids is 1. The molecule has 1 aromatic rings. The minimum atomic E-state index is -4.28. The first kappa shape index (κ1) is 48.5. The van der Waals surface area contributed by atoms with Gasteiger partial charge in [-0.1, -0.05) is 32.4 Å². The number of carboxylic acids is 1. The van der Waals surface area contributed by atoms with Gasteiger partial charge in [-0.3, -0.25) is 13.9 Å². The molecule has 0 saturated heterocycles. The lowest BCUT2D eigenvalue weighted by atomic mass is 9.77. The summed E-state index contributed by atoms with van der Waals surface area (Å²) in [5.74, 6) is -1.11. The highest BCUT2D eigenvalue weighted by molar-refractivity contribution is 7.89. The molecule has 0 radical (unpaired) electrons. The molecule has 4 rings (SSSR count). The van der Waals surface area contributed by atoms with Crippen molar-refractivity contribution in [2.75, 3.05) is 56.3 Å². The highest BCUT2D eigenvalue weighted by atomic mass is 32.2. The van der Waals surface area contributed by atoms with E-state index < -0.39 is 47.4 Å². The second kappa shape index (κ2) is 21.9. The van der Waals surface area contributed by atoms with Crippen molar-refractivity contribution in [3.05, 3.63) is 83.1 Å². The Kier molecular flexibility index (Phi) is 18.3. The van der Waals surface area contributed by atoms with Crippen LogP contribution in [0.1, 0.15) is 83.8 Å². The molecule has 2 aliphatic heterocycles. The summed E-state index contributed by atoms with van der Waals surface area (Å²) in [6.07, 6.45) is 9.61. The van der Waals surface area contributed by atoms with Gasteiger partial charge in [0.1, 0.15) is 18.8 Å². The summed E-state index contributed by atoms with van der Waals surface area (Å²) in [5.41, 5.74) is 2.91. The molecule has 0 amide bonds. The van der Waals surface area contributed by atoms with Crippen LogP contribution in [-0.4, -0.2) is 96.8 Å². The number of hydrogen-bond donors (Lipinski definition) is 4. The zero-order valence-corrected chi connectivity index (χ0v) is 36.3. The Labute approximate surface area is 343 Å². The van der Waals surface area contributed by atoms with Gasteiger partial charge in [0, 0.05) is 61.5 Å². The quantitative estimate of drug-likeness (QED) is 0.0566. The summed E-state index contributed by atoms with van der Waals surface area (Å²) in [5, 5.41) is 9.96. The van der Waals surface area contributed by atoms with Crippen molar-refractivity contribution in [3.63, 3.8) is 0 Å². The standard InChI is InChI=1S/C38H51N3O12S3.C2H6/c1-4-40(21-10-26-55(47,48)49)30-14-16-32-29(18-23-53-35(32)27-30)11-8-12-36-38(2,19-9-25-54(44,45)46)33-28-31(56(50,51)39-20-24-52-3)15-17-34(33)41(36)22-7-5-6-13-37(42)43;1-2/h8,11-12,14-18,23,27-28,39H,4-7,9-10,13,19-22,24-26H2,1-3H3,(H2-,42,43,44,45,46,47,48,49);1-2H3/p+1. The molecule has 0 spiro atoms. The number of ether oxygens (including phenoxy) is 1. The van der Waals surface area contributed by atoms with Crippen LogP contribution in [0.25, 0.3) is 17.4 Å². The average Bonchev–Trinajstić information content (AvgIpc) is 3.38. The molecule has 322 valence electrons. The fourth-order valence-electron chi connectivity index (χ4n) is 7.01. The molecule has 1 atom stereocenters. The van der Waals surface area contributed by atoms with E-state index in [0.717, 1.165) is 27.9 Å². The number of sulfonamides is 1. The van der Waals surface area contributed by atoms with Crippen LogP contribution in [-0.2, 0) is 45.2 Å². The average molecular weight is 869 g/mol. The van der Waals surface area contributed by atoms with Crippen LogP contribution in [0.3, 0.4) is 0 Å². The van der Waals surface area contributed by atoms with Crippen LogP contribution in [0.15, 0.2) is 75.9 Å². The van der Waals surface area contributed by atoms with E-state index in [1.54, 1.807) is 18.4 Å². The van der Waals surface area contributed by atoms with Crippen LogP contribution in [0.5, 0.6) is 0 Å². The first-order valence-electron chi connectivity index (χ1n) is 19.4. The number of carboxylic acid groups (broad SMARTS) is 1. The minimum absolute atomic E-state index is 0.0329. The van der Waals surface area contributed by atoms with Crippen LogP contribution in [0.2, 0.25) is 0 Å². The maximum Gasteiger partial charge on any atom is 0.303 e. The van der Waals surface area contributed by atoms with Crippen molar-refractivity contribution in [1.29, 1.82) is 0 Å². The van der Waals surface area contributed by atoms with Gasteiger partial charge in [-0.15, -0.1) is 0 Å². The topological polar surface area (TPSA) is 221 Å². The molecular weight excluding hydrogens is 811 g/mol. The highest BCUT2D eigenvalue weighted by Crippen LogP contribution is 2.51. The van der Waals surface area contributed by atoms with E-state index in [9.17, 15) is 34.6 Å². The zero-order chi connectivity index (χ0) is 43.1. The van der Waals surface area contributed by atoms with E-state index in [1.165, 1.54) is 13.2 Å². The summed E-state index contributed by atoms with van der Waals surface area (Å²) in [6.45, 7) is 9.59. The second-order valence-electron chi connectivity index (χ2n) is 13.8. The van der Waals surface area contributed by atoms with E-state index in [2.05, 4.69) is 9.62 Å². The van der Waals surface area contributed by atoms with Gasteiger partial charge >= 0.3 is 5.97 Å². The predicted octanol–water partition coefficient (Wildman–Crippen LogP) is 5.39. The van der Waals surface area contributed by atoms with E-state index in [-0.39, 0.29) is 49.5 Å². The van der Waals surface area contributed by atoms with E-state index in [0.29, 0.717) is 50.2 Å². The maximum absolute atomic E-state index is 13.3. The van der Waals surface area contributed by atoms with Gasteiger partial charge in [0.2, 0.25) is 15.4 Å². The van der Waals surface area contributed by atoms with Gasteiger partial charge in [-0.25, -0.2) is 17.7 Å². The Balaban J connectivity index is 0.00000443. The number of nitrogens with one attached hydrogen (secondary N) is 1. The molecule has 0 fully saturated rings. The summed E-state index contributed by atoms with van der Waals surface area (Å²) < 4.78 is 107. The number of carbonyl (C=O) groups is 1. The van der Waals surface area contributed by atoms with Crippen LogP contribution < -0.4 is 19.6 Å². The lowest BCUT2D eigenvalue weighted by molar-refractivity contribution is -0.137. The summed E-state index contributed by atoms with van der Waals surface area (Å²) in [4.78, 5) is 13.2. The van der Waals surface area contributed by atoms with Gasteiger partial charge in [0.15, 0.2) is 0 Å². The number of methoxy groups -OCH3 is 1. The Hall–Kier alpha value is -3.91. The molecule has 0 aromatic heterocycles. The number of fused-ring (bicyclic) bond motifs is 2. The van der Waals surface area contributed by atoms with Crippen LogP contribution in [0.4, 0.5) is 5.69 Å². The minimum Gasteiger partial charge on any atom is -0.481 e. The third kappa shape index (κ3) is 13.8. The fraction of sp³-hybridized carbons (Fsp3) is 0.500. The molecular formula is C40H58N3O12S3+. The first-order chi connectivity index (χ1) is 27.4. The molecule has 4 N–H and O–H groups in total. The van der Waals surface area contributed by atoms with Crippen LogP contribution >= 0.6 is 0 Å². The molecule has 15 nitrogen and oxygen atoms in total. The number of unbranched alkanes of at least 4 members (excludes halogenated alkanes) is 2. The largest absolute Gasteiger partial charge is 0.481 e. The van der Waals surface area contributed by atoms with Gasteiger partial charge in [-0.2, -0.15) is 16.8 Å². The molecule has 1 unspecified atom stereocenters. The molecule has 58 heavy (non-hydrogen) atoms. The second-order valence-corrected chi connectivity index (χ2v) is 18.7. The monoisotopic (exact) mass is 868 g/mol. The number of rotatable bonds is 22. The summed E-state index contributed by atoms with van der Waals surface area (Å²) >= 11 is 0. The molecule has 2 heterocycles. The van der Waals surface area contributed by atoms with Gasteiger partial charge in [0.25, 0.3) is 20.2 Å². The highest BCUT2D eigenvalue weighted by Gasteiger charge is 2.43. The zero-order valence-electron chi connectivity index (χ0n) is 33.9. The summed E-state index contributed by atoms with van der Waals surface area (Å²) in [6, 6.07) is 12.3. The molecule has 1 aliphatic carbocycles. The number of anilines is 1. The maximum atomic E-state index is 13.3. The van der Waals surface area contributed by atoms with Crippen molar-refractivity contribution < 1.29 is 53.4 Å². The normalized spacial score (nSPS) is 17.1. The van der Waals surface area contributed by atoms with Gasteiger partial charge in [0.05, 0.1) is 35.3 Å². The Morgan fingerprint density at radius 1 is 0.948 bits per heavy atom. The van der Waals surface area contributed by atoms with Crippen molar-refractivity contribution in [1.82, 2.24) is 9.30 Å². The Morgan fingerprint density at radius 3 is 2.31 bits per heavy atom. The summed E-state index contributed by atoms with van der Waals surface area (Å²) in [7, 11) is -10.8. The molecule has 1 aromatic carbocycles. The Morgan fingerprint density at radius 2 is 1.66 bits per heavy atom. The fourth-order valence-corrected chi connectivity index (χ4v) is 9.05. The van der Waals surface area contributed by atoms with E-state index >= 15 is 0 Å². The van der Waals surface area contributed by atoms with E-state index in [1.807, 2.05) is 74.8 Å². The molecule has 0 bridgehead atoms. The van der Waals surface area contributed by atoms with Crippen LogP contribution in [0, 0.1) is 0 Å². The SMILES string of the molecule is CC.CC[N+](CCCS(=O)(=O)O)=c1ccc2c(/C=C/C=C3/N(CCCCCC(=O)O)c4ccc(S(=O)(=O)NCCOC)cc4C3(C)CCCS(=O)(=O)O)ccoc-2c1. The van der Waals surface area contributed by atoms with Gasteiger partial charge < -0.3 is 19.2 Å². The third-order valence-electron chi connectivity index (χ3n) is 9.80. The predicted molar refractivity (Wildman–Crippen MR) is 225 cm³/mol. The lowest BCUT2D eigenvalue weighted by Crippen LogP contribution is -2.31. The molecule has 3 aliphatic rings. The van der Waals surface area contributed by atoms with Crippen molar-refractivity contribution >= 4 is 48.0 Å². The molecule has 18 heteroatoms. The first-order valence-corrected chi connectivity index (χ1v) is 24.1. The van der Waals surface area contributed by atoms with E-state index in [4.69, 9.17) is 18.8 Å². The van der Waals surface area contributed by atoms with Gasteiger partial charge in [-0.05, 0) is 87.1 Å².